The predicted molar refractivity (Wildman–Crippen MR) is 64.8 cm³/mol. The molecule has 2 rings (SSSR count). The van der Waals surface area contributed by atoms with Gasteiger partial charge < -0.3 is 10.1 Å². The third-order valence-electron chi connectivity index (χ3n) is 3.02. The zero-order chi connectivity index (χ0) is 11.5. The third kappa shape index (κ3) is 2.96. The summed E-state index contributed by atoms with van der Waals surface area (Å²) in [5.74, 6) is -0.563. The van der Waals surface area contributed by atoms with Crippen LogP contribution in [0.25, 0.3) is 0 Å². The second kappa shape index (κ2) is 5.98. The summed E-state index contributed by atoms with van der Waals surface area (Å²) in [5, 5.41) is 3.16. The predicted octanol–water partition coefficient (Wildman–Crippen LogP) is 1.72. The van der Waals surface area contributed by atoms with E-state index in [0.717, 1.165) is 12.1 Å². The van der Waals surface area contributed by atoms with Gasteiger partial charge in [-0.2, -0.15) is 0 Å². The van der Waals surface area contributed by atoms with E-state index in [4.69, 9.17) is 4.74 Å². The Balaban J connectivity index is 0.00000144. The number of methoxy groups -OCH3 is 1. The number of rotatable bonds is 2. The third-order valence-corrected chi connectivity index (χ3v) is 3.02. The number of hydrogen-bond donors (Lipinski definition) is 1. The Morgan fingerprint density at radius 3 is 2.59 bits per heavy atom. The molecular formula is C12H15ClFNO2. The van der Waals surface area contributed by atoms with Crippen LogP contribution in [0, 0.1) is 11.7 Å². The number of halogens is 2. The second-order valence-electron chi connectivity index (χ2n) is 3.95. The molecule has 1 fully saturated rings. The van der Waals surface area contributed by atoms with E-state index >= 15 is 0 Å². The number of carbonyl (C=O) groups is 1. The molecule has 17 heavy (non-hydrogen) atoms. The van der Waals surface area contributed by atoms with E-state index in [1.807, 2.05) is 0 Å². The van der Waals surface area contributed by atoms with Crippen LogP contribution in [0.1, 0.15) is 11.5 Å². The molecule has 0 unspecified atom stereocenters. The minimum Gasteiger partial charge on any atom is -0.469 e. The lowest BCUT2D eigenvalue weighted by molar-refractivity contribution is -0.145. The van der Waals surface area contributed by atoms with E-state index in [0.29, 0.717) is 6.54 Å². The fraction of sp³-hybridized carbons (Fsp3) is 0.417. The van der Waals surface area contributed by atoms with E-state index in [1.165, 1.54) is 19.2 Å². The van der Waals surface area contributed by atoms with Crippen LogP contribution in [0.3, 0.4) is 0 Å². The van der Waals surface area contributed by atoms with Crippen molar-refractivity contribution in [2.24, 2.45) is 5.92 Å². The zero-order valence-electron chi connectivity index (χ0n) is 9.48. The van der Waals surface area contributed by atoms with Crippen LogP contribution in [0.5, 0.6) is 0 Å². The standard InChI is InChI=1S/C12H14FNO2.ClH/c1-16-12(15)11-7-14-6-10(11)8-2-4-9(13)5-3-8;/h2-5,10-11,14H,6-7H2,1H3;1H/t10-,11-;/m0./s1. The summed E-state index contributed by atoms with van der Waals surface area (Å²) in [6, 6.07) is 6.29. The van der Waals surface area contributed by atoms with Gasteiger partial charge in [0.2, 0.25) is 0 Å². The highest BCUT2D eigenvalue weighted by atomic mass is 35.5. The van der Waals surface area contributed by atoms with Crippen molar-refractivity contribution in [2.45, 2.75) is 5.92 Å². The molecule has 0 saturated carbocycles. The highest BCUT2D eigenvalue weighted by Gasteiger charge is 2.34. The maximum absolute atomic E-state index is 12.8. The topological polar surface area (TPSA) is 38.3 Å². The number of esters is 1. The van der Waals surface area contributed by atoms with E-state index in [2.05, 4.69) is 5.32 Å². The smallest absolute Gasteiger partial charge is 0.310 e. The van der Waals surface area contributed by atoms with Crippen molar-refractivity contribution in [1.29, 1.82) is 0 Å². The van der Waals surface area contributed by atoms with Gasteiger partial charge in [-0.3, -0.25) is 4.79 Å². The van der Waals surface area contributed by atoms with Gasteiger partial charge in [0.25, 0.3) is 0 Å². The molecule has 0 bridgehead atoms. The van der Waals surface area contributed by atoms with E-state index in [1.54, 1.807) is 12.1 Å². The summed E-state index contributed by atoms with van der Waals surface area (Å²) in [4.78, 5) is 11.5. The molecule has 0 amide bonds. The van der Waals surface area contributed by atoms with E-state index in [-0.39, 0.29) is 36.0 Å². The van der Waals surface area contributed by atoms with Gasteiger partial charge in [-0.25, -0.2) is 4.39 Å². The van der Waals surface area contributed by atoms with Crippen molar-refractivity contribution < 1.29 is 13.9 Å². The average Bonchev–Trinajstić information content (AvgIpc) is 2.78. The first-order chi connectivity index (χ1) is 7.72. The van der Waals surface area contributed by atoms with Gasteiger partial charge in [-0.1, -0.05) is 12.1 Å². The van der Waals surface area contributed by atoms with Crippen LogP contribution in [0.4, 0.5) is 4.39 Å². The first-order valence-electron chi connectivity index (χ1n) is 5.26. The lowest BCUT2D eigenvalue weighted by atomic mass is 9.89. The highest BCUT2D eigenvalue weighted by molar-refractivity contribution is 5.85. The number of benzene rings is 1. The SMILES string of the molecule is COC(=O)[C@H]1CNC[C@H]1c1ccc(F)cc1.Cl. The van der Waals surface area contributed by atoms with E-state index in [9.17, 15) is 9.18 Å². The zero-order valence-corrected chi connectivity index (χ0v) is 10.3. The normalized spacial score (nSPS) is 22.9. The second-order valence-corrected chi connectivity index (χ2v) is 3.95. The average molecular weight is 260 g/mol. The summed E-state index contributed by atoms with van der Waals surface area (Å²) in [6.07, 6.45) is 0. The number of ether oxygens (including phenoxy) is 1. The molecule has 1 aliphatic rings. The van der Waals surface area contributed by atoms with Crippen molar-refractivity contribution in [3.63, 3.8) is 0 Å². The number of nitrogens with one attached hydrogen (secondary N) is 1. The Morgan fingerprint density at radius 2 is 2.00 bits per heavy atom. The summed E-state index contributed by atoms with van der Waals surface area (Å²) in [5.41, 5.74) is 0.974. The Kier molecular flexibility index (Phi) is 4.90. The maximum Gasteiger partial charge on any atom is 0.310 e. The quantitative estimate of drug-likeness (QED) is 0.822. The number of hydrogen-bond acceptors (Lipinski definition) is 3. The van der Waals surface area contributed by atoms with Crippen molar-refractivity contribution in [3.05, 3.63) is 35.6 Å². The molecule has 0 radical (unpaired) electrons. The molecule has 5 heteroatoms. The maximum atomic E-state index is 12.8. The van der Waals surface area contributed by atoms with E-state index < -0.39 is 0 Å². The molecular weight excluding hydrogens is 245 g/mol. The molecule has 94 valence electrons. The van der Waals surface area contributed by atoms with Gasteiger partial charge >= 0.3 is 5.97 Å². The molecule has 0 spiro atoms. The molecule has 3 nitrogen and oxygen atoms in total. The minimum absolute atomic E-state index is 0. The molecule has 1 heterocycles. The van der Waals surface area contributed by atoms with Gasteiger partial charge in [0.1, 0.15) is 5.82 Å². The first-order valence-corrected chi connectivity index (χ1v) is 5.26. The molecule has 1 aromatic rings. The summed E-state index contributed by atoms with van der Waals surface area (Å²) in [6.45, 7) is 1.35. The Morgan fingerprint density at radius 1 is 1.35 bits per heavy atom. The van der Waals surface area contributed by atoms with Gasteiger partial charge in [-0.05, 0) is 17.7 Å². The van der Waals surface area contributed by atoms with Crippen LogP contribution >= 0.6 is 12.4 Å². The molecule has 0 aliphatic carbocycles. The Labute approximate surface area is 106 Å². The molecule has 1 N–H and O–H groups in total. The fourth-order valence-electron chi connectivity index (χ4n) is 2.14. The highest BCUT2D eigenvalue weighted by Crippen LogP contribution is 2.28. The molecule has 1 aliphatic heterocycles. The van der Waals surface area contributed by atoms with Gasteiger partial charge in [0, 0.05) is 19.0 Å². The monoisotopic (exact) mass is 259 g/mol. The molecule has 1 saturated heterocycles. The van der Waals surface area contributed by atoms with Crippen LogP contribution in [-0.2, 0) is 9.53 Å². The van der Waals surface area contributed by atoms with Crippen LogP contribution in [-0.4, -0.2) is 26.2 Å². The Bertz CT molecular complexity index is 383. The van der Waals surface area contributed by atoms with Gasteiger partial charge in [0.05, 0.1) is 13.0 Å². The summed E-state index contributed by atoms with van der Waals surface area (Å²) in [7, 11) is 1.39. The lowest BCUT2D eigenvalue weighted by Crippen LogP contribution is -2.22. The van der Waals surface area contributed by atoms with Gasteiger partial charge in [-0.15, -0.1) is 12.4 Å². The molecule has 2 atom stereocenters. The van der Waals surface area contributed by atoms with Crippen molar-refractivity contribution >= 4 is 18.4 Å². The largest absolute Gasteiger partial charge is 0.469 e. The first kappa shape index (κ1) is 13.9. The molecule has 1 aromatic carbocycles. The fourth-order valence-corrected chi connectivity index (χ4v) is 2.14. The van der Waals surface area contributed by atoms with Crippen LogP contribution < -0.4 is 5.32 Å². The van der Waals surface area contributed by atoms with Crippen LogP contribution in [0.15, 0.2) is 24.3 Å². The Hall–Kier alpha value is -1.13. The summed E-state index contributed by atoms with van der Waals surface area (Å²) < 4.78 is 17.5. The number of carbonyl (C=O) groups excluding carboxylic acids is 1. The van der Waals surface area contributed by atoms with Crippen molar-refractivity contribution in [3.8, 4) is 0 Å². The lowest BCUT2D eigenvalue weighted by Gasteiger charge is -2.16. The van der Waals surface area contributed by atoms with Crippen molar-refractivity contribution in [2.75, 3.05) is 20.2 Å². The molecule has 0 aromatic heterocycles. The summed E-state index contributed by atoms with van der Waals surface area (Å²) >= 11 is 0. The minimum atomic E-state index is -0.260. The van der Waals surface area contributed by atoms with Crippen molar-refractivity contribution in [1.82, 2.24) is 5.32 Å². The van der Waals surface area contributed by atoms with Gasteiger partial charge in [0.15, 0.2) is 0 Å². The van der Waals surface area contributed by atoms with Crippen LogP contribution in [0.2, 0.25) is 0 Å².